The average Bonchev–Trinajstić information content (AvgIpc) is 3.27. The molecule has 1 aliphatic heterocycles. The number of aromatic amines is 1. The fourth-order valence-electron chi connectivity index (χ4n) is 3.34. The van der Waals surface area contributed by atoms with Crippen LogP contribution in [0.15, 0.2) is 48.9 Å². The van der Waals surface area contributed by atoms with E-state index in [0.717, 1.165) is 10.9 Å². The molecule has 3 heterocycles. The highest BCUT2D eigenvalue weighted by Gasteiger charge is 2.26. The number of nitrogens with one attached hydrogen (secondary N) is 1. The lowest BCUT2D eigenvalue weighted by molar-refractivity contribution is 0.0536. The minimum Gasteiger partial charge on any atom is -0.360 e. The topological polar surface area (TPSA) is 61.3 Å². The van der Waals surface area contributed by atoms with Crippen molar-refractivity contribution in [1.82, 2.24) is 19.4 Å². The van der Waals surface area contributed by atoms with Gasteiger partial charge >= 0.3 is 0 Å². The monoisotopic (exact) mass is 336 g/mol. The van der Waals surface area contributed by atoms with Crippen LogP contribution in [0, 0.1) is 0 Å². The minimum atomic E-state index is 0.0178. The fraction of sp³-hybridized carbons (Fsp3) is 0.263. The Bertz CT molecular complexity index is 932. The summed E-state index contributed by atoms with van der Waals surface area (Å²) in [7, 11) is 1.90. The maximum Gasteiger partial charge on any atom is 0.256 e. The Morgan fingerprint density at radius 2 is 1.64 bits per heavy atom. The normalized spacial score (nSPS) is 14.9. The summed E-state index contributed by atoms with van der Waals surface area (Å²) >= 11 is 0. The van der Waals surface area contributed by atoms with Gasteiger partial charge in [-0.1, -0.05) is 18.2 Å². The number of H-pyrrole nitrogens is 1. The number of piperazine rings is 1. The van der Waals surface area contributed by atoms with E-state index < -0.39 is 0 Å². The number of hydrogen-bond acceptors (Lipinski definition) is 2. The van der Waals surface area contributed by atoms with Crippen molar-refractivity contribution in [2.75, 3.05) is 26.2 Å². The molecule has 0 radical (unpaired) electrons. The zero-order valence-corrected chi connectivity index (χ0v) is 14.1. The van der Waals surface area contributed by atoms with E-state index in [1.165, 1.54) is 0 Å². The molecule has 3 aromatic rings. The van der Waals surface area contributed by atoms with Crippen LogP contribution in [0.2, 0.25) is 0 Å². The van der Waals surface area contributed by atoms with E-state index in [1.54, 1.807) is 6.20 Å². The number of benzene rings is 1. The van der Waals surface area contributed by atoms with Crippen molar-refractivity contribution in [2.45, 2.75) is 0 Å². The van der Waals surface area contributed by atoms with E-state index in [4.69, 9.17) is 0 Å². The van der Waals surface area contributed by atoms with E-state index in [2.05, 4.69) is 4.98 Å². The van der Waals surface area contributed by atoms with Crippen LogP contribution in [-0.2, 0) is 7.05 Å². The third-order valence-electron chi connectivity index (χ3n) is 4.75. The lowest BCUT2D eigenvalue weighted by Gasteiger charge is -2.34. The fourth-order valence-corrected chi connectivity index (χ4v) is 3.34. The predicted molar refractivity (Wildman–Crippen MR) is 95.5 cm³/mol. The molecule has 0 atom stereocenters. The van der Waals surface area contributed by atoms with Crippen LogP contribution in [0.1, 0.15) is 20.7 Å². The average molecular weight is 336 g/mol. The lowest BCUT2D eigenvalue weighted by Crippen LogP contribution is -2.50. The van der Waals surface area contributed by atoms with Gasteiger partial charge in [0.2, 0.25) is 0 Å². The van der Waals surface area contributed by atoms with E-state index in [9.17, 15) is 9.59 Å². The van der Waals surface area contributed by atoms with Gasteiger partial charge in [-0.05, 0) is 12.1 Å². The van der Waals surface area contributed by atoms with Gasteiger partial charge in [-0.3, -0.25) is 9.59 Å². The number of fused-ring (bicyclic) bond motifs is 1. The highest BCUT2D eigenvalue weighted by atomic mass is 16.2. The molecule has 25 heavy (non-hydrogen) atoms. The van der Waals surface area contributed by atoms with E-state index in [1.807, 2.05) is 64.1 Å². The number of carbonyl (C=O) groups excluding carboxylic acids is 2. The summed E-state index contributed by atoms with van der Waals surface area (Å²) in [4.78, 5) is 32.1. The Morgan fingerprint density at radius 1 is 0.960 bits per heavy atom. The molecule has 1 N–H and O–H groups in total. The number of rotatable bonds is 2. The van der Waals surface area contributed by atoms with Crippen molar-refractivity contribution in [1.29, 1.82) is 0 Å². The van der Waals surface area contributed by atoms with Crippen molar-refractivity contribution in [2.24, 2.45) is 7.05 Å². The molecular formula is C19H20N4O2. The zero-order valence-electron chi connectivity index (χ0n) is 14.1. The molecule has 6 heteroatoms. The van der Waals surface area contributed by atoms with Gasteiger partial charge in [-0.15, -0.1) is 0 Å². The molecule has 0 aliphatic carbocycles. The molecule has 0 unspecified atom stereocenters. The largest absolute Gasteiger partial charge is 0.360 e. The number of aryl methyl sites for hydroxylation is 1. The molecule has 4 rings (SSSR count). The number of amides is 2. The molecule has 0 spiro atoms. The molecule has 0 saturated carbocycles. The number of para-hydroxylation sites is 1. The number of carbonyl (C=O) groups is 2. The molecule has 2 aromatic heterocycles. The Labute approximate surface area is 145 Å². The van der Waals surface area contributed by atoms with Gasteiger partial charge in [0.25, 0.3) is 11.8 Å². The highest BCUT2D eigenvalue weighted by molar-refractivity contribution is 6.06. The quantitative estimate of drug-likeness (QED) is 0.779. The second-order valence-corrected chi connectivity index (χ2v) is 6.40. The zero-order chi connectivity index (χ0) is 17.4. The summed E-state index contributed by atoms with van der Waals surface area (Å²) in [6.45, 7) is 2.22. The summed E-state index contributed by atoms with van der Waals surface area (Å²) in [6, 6.07) is 9.62. The first kappa shape index (κ1) is 15.5. The lowest BCUT2D eigenvalue weighted by atomic mass is 10.1. The third-order valence-corrected chi connectivity index (χ3v) is 4.75. The van der Waals surface area contributed by atoms with Gasteiger partial charge in [-0.2, -0.15) is 0 Å². The van der Waals surface area contributed by atoms with Crippen molar-refractivity contribution in [3.05, 3.63) is 60.0 Å². The number of nitrogens with zero attached hydrogens (tertiary/aromatic N) is 3. The van der Waals surface area contributed by atoms with Crippen molar-refractivity contribution in [3.63, 3.8) is 0 Å². The van der Waals surface area contributed by atoms with Gasteiger partial charge in [-0.25, -0.2) is 0 Å². The van der Waals surface area contributed by atoms with E-state index >= 15 is 0 Å². The van der Waals surface area contributed by atoms with E-state index in [0.29, 0.717) is 37.3 Å². The SMILES string of the molecule is Cn1ccc(C(=O)N2CCN(C(=O)c3c[nH]c4ccccc34)CC2)c1. The van der Waals surface area contributed by atoms with Crippen LogP contribution < -0.4 is 0 Å². The maximum absolute atomic E-state index is 12.8. The minimum absolute atomic E-state index is 0.0178. The summed E-state index contributed by atoms with van der Waals surface area (Å²) < 4.78 is 1.87. The Kier molecular flexibility index (Phi) is 3.80. The second-order valence-electron chi connectivity index (χ2n) is 6.40. The molecule has 1 saturated heterocycles. The summed E-state index contributed by atoms with van der Waals surface area (Å²) in [5, 5.41) is 0.940. The molecule has 1 aliphatic rings. The molecule has 128 valence electrons. The van der Waals surface area contributed by atoms with E-state index in [-0.39, 0.29) is 11.8 Å². The van der Waals surface area contributed by atoms with Crippen molar-refractivity contribution < 1.29 is 9.59 Å². The van der Waals surface area contributed by atoms with Gasteiger partial charge in [0.15, 0.2) is 0 Å². The summed E-state index contributed by atoms with van der Waals surface area (Å²) in [5.41, 5.74) is 2.35. The molecule has 2 amide bonds. The molecule has 0 bridgehead atoms. The van der Waals surface area contributed by atoms with Crippen LogP contribution in [0.4, 0.5) is 0 Å². The van der Waals surface area contributed by atoms with Crippen LogP contribution in [0.3, 0.4) is 0 Å². The molecule has 1 fully saturated rings. The highest BCUT2D eigenvalue weighted by Crippen LogP contribution is 2.20. The second kappa shape index (κ2) is 6.12. The third kappa shape index (κ3) is 2.80. The maximum atomic E-state index is 12.8. The Hall–Kier alpha value is -3.02. The van der Waals surface area contributed by atoms with Gasteiger partial charge in [0.05, 0.1) is 11.1 Å². The molecular weight excluding hydrogens is 316 g/mol. The van der Waals surface area contributed by atoms with Crippen LogP contribution in [0.25, 0.3) is 10.9 Å². The summed E-state index contributed by atoms with van der Waals surface area (Å²) in [5.74, 6) is 0.0454. The van der Waals surface area contributed by atoms with Gasteiger partial charge < -0.3 is 19.4 Å². The predicted octanol–water partition coefficient (Wildman–Crippen LogP) is 2.10. The van der Waals surface area contributed by atoms with Crippen LogP contribution in [-0.4, -0.2) is 57.3 Å². The first-order chi connectivity index (χ1) is 12.1. The van der Waals surface area contributed by atoms with Gasteiger partial charge in [0, 0.05) is 62.7 Å². The Balaban J connectivity index is 1.45. The first-order valence-electron chi connectivity index (χ1n) is 8.40. The standard InChI is InChI=1S/C19H20N4O2/c1-21-7-6-14(13-21)18(24)22-8-10-23(11-9-22)19(25)16-12-20-17-5-3-2-4-15(16)17/h2-7,12-13,20H,8-11H2,1H3. The molecule has 6 nitrogen and oxygen atoms in total. The number of hydrogen-bond donors (Lipinski definition) is 1. The molecule has 1 aromatic carbocycles. The van der Waals surface area contributed by atoms with Crippen LogP contribution >= 0.6 is 0 Å². The van der Waals surface area contributed by atoms with Crippen molar-refractivity contribution in [3.8, 4) is 0 Å². The van der Waals surface area contributed by atoms with Gasteiger partial charge in [0.1, 0.15) is 0 Å². The summed E-state index contributed by atoms with van der Waals surface area (Å²) in [6.07, 6.45) is 5.46. The Morgan fingerprint density at radius 3 is 2.32 bits per heavy atom. The van der Waals surface area contributed by atoms with Crippen molar-refractivity contribution >= 4 is 22.7 Å². The van der Waals surface area contributed by atoms with Crippen LogP contribution in [0.5, 0.6) is 0 Å². The first-order valence-corrected chi connectivity index (χ1v) is 8.40. The number of aromatic nitrogens is 2. The smallest absolute Gasteiger partial charge is 0.256 e.